The summed E-state index contributed by atoms with van der Waals surface area (Å²) in [6.45, 7) is 0.542. The van der Waals surface area contributed by atoms with Crippen LogP contribution in [0.15, 0.2) is 42.7 Å². The molecule has 7 heteroatoms. The van der Waals surface area contributed by atoms with Crippen LogP contribution >= 0.6 is 0 Å². The van der Waals surface area contributed by atoms with Crippen LogP contribution in [0.2, 0.25) is 0 Å². The van der Waals surface area contributed by atoms with E-state index < -0.39 is 5.97 Å². The maximum Gasteiger partial charge on any atom is 0.356 e. The molecule has 1 atom stereocenters. The molecule has 0 unspecified atom stereocenters. The molecule has 1 aliphatic heterocycles. The summed E-state index contributed by atoms with van der Waals surface area (Å²) >= 11 is 0. The maximum atomic E-state index is 12.2. The highest BCUT2D eigenvalue weighted by molar-refractivity contribution is 5.96. The van der Waals surface area contributed by atoms with Crippen LogP contribution in [0, 0.1) is 0 Å². The molecule has 2 aromatic rings. The molecule has 1 fully saturated rings. The Balaban J connectivity index is 1.70. The zero-order valence-corrected chi connectivity index (χ0v) is 12.6. The van der Waals surface area contributed by atoms with Crippen LogP contribution in [0.3, 0.4) is 0 Å². The van der Waals surface area contributed by atoms with Crippen molar-refractivity contribution in [1.29, 1.82) is 0 Å². The van der Waals surface area contributed by atoms with E-state index in [4.69, 9.17) is 0 Å². The first-order valence-corrected chi connectivity index (χ1v) is 7.19. The van der Waals surface area contributed by atoms with Gasteiger partial charge in [-0.2, -0.15) is 0 Å². The van der Waals surface area contributed by atoms with Crippen LogP contribution < -0.4 is 10.2 Å². The summed E-state index contributed by atoms with van der Waals surface area (Å²) in [5.41, 5.74) is 1.05. The lowest BCUT2D eigenvalue weighted by Gasteiger charge is -2.17. The number of hydrogen-bond acceptors (Lipinski definition) is 6. The molecule has 1 N–H and O–H groups in total. The van der Waals surface area contributed by atoms with Crippen molar-refractivity contribution < 1.29 is 14.3 Å². The fraction of sp³-hybridized carbons (Fsp3) is 0.250. The van der Waals surface area contributed by atoms with E-state index in [0.717, 1.165) is 5.69 Å². The van der Waals surface area contributed by atoms with Gasteiger partial charge in [-0.25, -0.2) is 14.8 Å². The Labute approximate surface area is 133 Å². The average molecular weight is 312 g/mol. The molecule has 0 radical (unpaired) electrons. The van der Waals surface area contributed by atoms with Gasteiger partial charge in [-0.1, -0.05) is 18.2 Å². The summed E-state index contributed by atoms with van der Waals surface area (Å²) in [4.78, 5) is 33.3. The maximum absolute atomic E-state index is 12.2. The topological polar surface area (TPSA) is 84.4 Å². The van der Waals surface area contributed by atoms with Gasteiger partial charge in [0.25, 0.3) is 0 Å². The van der Waals surface area contributed by atoms with E-state index in [1.807, 2.05) is 30.3 Å². The highest BCUT2D eigenvalue weighted by atomic mass is 16.5. The van der Waals surface area contributed by atoms with E-state index >= 15 is 0 Å². The van der Waals surface area contributed by atoms with Crippen LogP contribution in [-0.4, -0.2) is 41.5 Å². The predicted octanol–water partition coefficient (Wildman–Crippen LogP) is 1.48. The van der Waals surface area contributed by atoms with Crippen molar-refractivity contribution in [2.45, 2.75) is 12.5 Å². The molecule has 0 aliphatic carbocycles. The van der Waals surface area contributed by atoms with Gasteiger partial charge >= 0.3 is 5.97 Å². The Morgan fingerprint density at radius 2 is 2.09 bits per heavy atom. The SMILES string of the molecule is COC(=O)c1cc(N[C@H]2CC(=O)N(c3ccccc3)C2)ncn1. The van der Waals surface area contributed by atoms with Crippen molar-refractivity contribution in [2.24, 2.45) is 0 Å². The summed E-state index contributed by atoms with van der Waals surface area (Å²) in [5, 5.41) is 3.17. The van der Waals surface area contributed by atoms with Crippen molar-refractivity contribution in [3.63, 3.8) is 0 Å². The van der Waals surface area contributed by atoms with Crippen LogP contribution in [-0.2, 0) is 9.53 Å². The molecule has 0 spiro atoms. The van der Waals surface area contributed by atoms with Gasteiger partial charge in [0.15, 0.2) is 5.69 Å². The number of amides is 1. The van der Waals surface area contributed by atoms with Crippen LogP contribution in [0.4, 0.5) is 11.5 Å². The van der Waals surface area contributed by atoms with Crippen LogP contribution in [0.1, 0.15) is 16.9 Å². The molecule has 118 valence electrons. The normalized spacial score (nSPS) is 17.2. The Kier molecular flexibility index (Phi) is 4.18. The van der Waals surface area contributed by atoms with Gasteiger partial charge in [-0.05, 0) is 12.1 Å². The standard InChI is InChI=1S/C16H16N4O3/c1-23-16(22)13-8-14(18-10-17-13)19-11-7-15(21)20(9-11)12-5-3-2-4-6-12/h2-6,8,10-11H,7,9H2,1H3,(H,17,18,19)/t11-/m0/s1. The fourth-order valence-corrected chi connectivity index (χ4v) is 2.52. The molecule has 1 amide bonds. The lowest BCUT2D eigenvalue weighted by atomic mass is 10.2. The number of rotatable bonds is 4. The van der Waals surface area contributed by atoms with E-state index in [0.29, 0.717) is 18.8 Å². The third kappa shape index (κ3) is 3.28. The Bertz CT molecular complexity index is 720. The number of nitrogens with one attached hydrogen (secondary N) is 1. The highest BCUT2D eigenvalue weighted by Crippen LogP contribution is 2.22. The molecule has 7 nitrogen and oxygen atoms in total. The smallest absolute Gasteiger partial charge is 0.356 e. The van der Waals surface area contributed by atoms with Crippen molar-refractivity contribution >= 4 is 23.4 Å². The zero-order chi connectivity index (χ0) is 16.2. The van der Waals surface area contributed by atoms with E-state index in [1.54, 1.807) is 4.90 Å². The largest absolute Gasteiger partial charge is 0.464 e. The first kappa shape index (κ1) is 15.0. The van der Waals surface area contributed by atoms with Crippen molar-refractivity contribution in [3.8, 4) is 0 Å². The number of nitrogens with zero attached hydrogens (tertiary/aromatic N) is 3. The lowest BCUT2D eigenvalue weighted by molar-refractivity contribution is -0.117. The number of ether oxygens (including phenoxy) is 1. The molecule has 2 heterocycles. The van der Waals surface area contributed by atoms with E-state index in [2.05, 4.69) is 20.0 Å². The van der Waals surface area contributed by atoms with Gasteiger partial charge < -0.3 is 15.0 Å². The van der Waals surface area contributed by atoms with Gasteiger partial charge in [0.2, 0.25) is 5.91 Å². The molecule has 1 aromatic carbocycles. The van der Waals surface area contributed by atoms with Gasteiger partial charge in [0.05, 0.1) is 13.2 Å². The first-order valence-electron chi connectivity index (χ1n) is 7.19. The number of esters is 1. The summed E-state index contributed by atoms with van der Waals surface area (Å²) in [6, 6.07) is 11.0. The number of aromatic nitrogens is 2. The number of anilines is 2. The Morgan fingerprint density at radius 3 is 2.83 bits per heavy atom. The van der Waals surface area contributed by atoms with Crippen molar-refractivity contribution in [1.82, 2.24) is 9.97 Å². The number of para-hydroxylation sites is 1. The van der Waals surface area contributed by atoms with Gasteiger partial charge in [0.1, 0.15) is 12.1 Å². The summed E-state index contributed by atoms with van der Waals surface area (Å²) < 4.78 is 4.63. The third-order valence-electron chi connectivity index (χ3n) is 3.61. The summed E-state index contributed by atoms with van der Waals surface area (Å²) in [5.74, 6) is 0.0212. The minimum absolute atomic E-state index is 0.0518. The quantitative estimate of drug-likeness (QED) is 0.861. The second-order valence-electron chi connectivity index (χ2n) is 5.17. The molecular formula is C16H16N4O3. The molecule has 1 saturated heterocycles. The molecular weight excluding hydrogens is 296 g/mol. The van der Waals surface area contributed by atoms with Gasteiger partial charge in [-0.15, -0.1) is 0 Å². The van der Waals surface area contributed by atoms with Crippen LogP contribution in [0.25, 0.3) is 0 Å². The Morgan fingerprint density at radius 1 is 1.30 bits per heavy atom. The zero-order valence-electron chi connectivity index (χ0n) is 12.6. The molecule has 0 bridgehead atoms. The second kappa shape index (κ2) is 6.43. The minimum Gasteiger partial charge on any atom is -0.464 e. The van der Waals surface area contributed by atoms with Gasteiger partial charge in [-0.3, -0.25) is 4.79 Å². The number of carbonyl (C=O) groups excluding carboxylic acids is 2. The summed E-state index contributed by atoms with van der Waals surface area (Å²) in [6.07, 6.45) is 1.66. The Hall–Kier alpha value is -2.96. The number of carbonyl (C=O) groups is 2. The number of hydrogen-bond donors (Lipinski definition) is 1. The van der Waals surface area contributed by atoms with E-state index in [-0.39, 0.29) is 17.6 Å². The monoisotopic (exact) mass is 312 g/mol. The second-order valence-corrected chi connectivity index (χ2v) is 5.17. The minimum atomic E-state index is -0.524. The van der Waals surface area contributed by atoms with Crippen LogP contribution in [0.5, 0.6) is 0 Å². The molecule has 0 saturated carbocycles. The van der Waals surface area contributed by atoms with Crippen molar-refractivity contribution in [2.75, 3.05) is 23.9 Å². The number of methoxy groups -OCH3 is 1. The van der Waals surface area contributed by atoms with Crippen molar-refractivity contribution in [3.05, 3.63) is 48.4 Å². The molecule has 1 aromatic heterocycles. The molecule has 1 aliphatic rings. The van der Waals surface area contributed by atoms with Gasteiger partial charge in [0, 0.05) is 24.7 Å². The third-order valence-corrected chi connectivity index (χ3v) is 3.61. The predicted molar refractivity (Wildman–Crippen MR) is 84.2 cm³/mol. The average Bonchev–Trinajstić information content (AvgIpc) is 2.95. The summed E-state index contributed by atoms with van der Waals surface area (Å²) in [7, 11) is 1.30. The fourth-order valence-electron chi connectivity index (χ4n) is 2.52. The van der Waals surface area contributed by atoms with E-state index in [9.17, 15) is 9.59 Å². The highest BCUT2D eigenvalue weighted by Gasteiger charge is 2.30. The first-order chi connectivity index (χ1) is 11.2. The van der Waals surface area contributed by atoms with E-state index in [1.165, 1.54) is 19.5 Å². The lowest BCUT2D eigenvalue weighted by Crippen LogP contribution is -2.27. The molecule has 23 heavy (non-hydrogen) atoms. The number of benzene rings is 1. The molecule has 3 rings (SSSR count).